The van der Waals surface area contributed by atoms with Gasteiger partial charge in [0.1, 0.15) is 38.9 Å². The van der Waals surface area contributed by atoms with Gasteiger partial charge in [0, 0.05) is 16.2 Å². The van der Waals surface area contributed by atoms with Gasteiger partial charge in [0.2, 0.25) is 0 Å². The zero-order valence-corrected chi connectivity index (χ0v) is 29.4. The predicted molar refractivity (Wildman–Crippen MR) is 181 cm³/mol. The molecular weight excluding hydrogens is 613 g/mol. The number of fused-ring (bicyclic) bond motifs is 2. The molecule has 8 nitrogen and oxygen atoms in total. The van der Waals surface area contributed by atoms with Crippen LogP contribution < -0.4 is 9.47 Å². The summed E-state index contributed by atoms with van der Waals surface area (Å²) in [6.45, 7) is 15.6. The van der Waals surface area contributed by atoms with E-state index in [4.69, 9.17) is 9.47 Å². The van der Waals surface area contributed by atoms with Crippen molar-refractivity contribution in [1.29, 1.82) is 0 Å². The third-order valence-electron chi connectivity index (χ3n) is 10.3. The van der Waals surface area contributed by atoms with Crippen molar-refractivity contribution in [2.24, 2.45) is 0 Å². The molecule has 0 amide bonds. The first kappa shape index (κ1) is 35.1. The van der Waals surface area contributed by atoms with Crippen molar-refractivity contribution in [3.63, 3.8) is 0 Å². The largest absolute Gasteiger partial charge is 0.507 e. The van der Waals surface area contributed by atoms with Gasteiger partial charge in [-0.1, -0.05) is 0 Å². The minimum Gasteiger partial charge on any atom is -0.507 e. The zero-order valence-electron chi connectivity index (χ0n) is 27.8. The zero-order chi connectivity index (χ0) is 33.5. The van der Waals surface area contributed by atoms with Crippen molar-refractivity contribution >= 4 is 35.5 Å². The molecule has 0 radical (unpaired) electrons. The lowest BCUT2D eigenvalue weighted by Crippen LogP contribution is -2.44. The number of hydrogen-bond acceptors (Lipinski definition) is 8. The Hall–Kier alpha value is -2.72. The maximum absolute atomic E-state index is 13.2. The number of phenols is 2. The van der Waals surface area contributed by atoms with E-state index < -0.39 is 27.9 Å². The van der Waals surface area contributed by atoms with E-state index in [2.05, 4.69) is 0 Å². The average Bonchev–Trinajstić information content (AvgIpc) is 2.99. The van der Waals surface area contributed by atoms with E-state index in [0.717, 1.165) is 68.8 Å². The molecule has 0 aliphatic carbocycles. The van der Waals surface area contributed by atoms with Crippen molar-refractivity contribution in [3.8, 4) is 23.0 Å². The second kappa shape index (κ2) is 13.2. The summed E-state index contributed by atoms with van der Waals surface area (Å²) < 4.78 is 12.1. The number of ether oxygens (including phenoxy) is 2. The lowest BCUT2D eigenvalue weighted by atomic mass is 9.80. The summed E-state index contributed by atoms with van der Waals surface area (Å²) in [5.41, 5.74) is 5.88. The number of rotatable bonds is 12. The molecule has 2 heterocycles. The molecule has 2 aromatic rings. The first-order chi connectivity index (χ1) is 20.9. The Morgan fingerprint density at radius 1 is 0.733 bits per heavy atom. The van der Waals surface area contributed by atoms with Crippen LogP contribution >= 0.6 is 23.5 Å². The fraction of sp³-hybridized carbons (Fsp3) is 0.600. The number of phenolic OH excluding ortho intramolecular Hbond substituents is 2. The summed E-state index contributed by atoms with van der Waals surface area (Å²) in [5.74, 6) is 0.251. The molecule has 0 aromatic heterocycles. The SMILES string of the molecule is Cc1c(C)c2c(c(C)c1O)CCC(C)(CCC(CCC1(C)CCc3c(C)c(O)c(C)c(C)c3O1)(SCSCC(=O)O)C(=O)O)O2. The number of aromatic hydroxyl groups is 2. The average molecular weight is 661 g/mol. The minimum absolute atomic E-state index is 0.0897. The highest BCUT2D eigenvalue weighted by molar-refractivity contribution is 8.17. The predicted octanol–water partition coefficient (Wildman–Crippen LogP) is 7.71. The van der Waals surface area contributed by atoms with Crippen LogP contribution in [0, 0.1) is 41.5 Å². The van der Waals surface area contributed by atoms with Crippen LogP contribution in [0.25, 0.3) is 0 Å². The van der Waals surface area contributed by atoms with Crippen LogP contribution in [0.3, 0.4) is 0 Å². The van der Waals surface area contributed by atoms with Gasteiger partial charge in [-0.2, -0.15) is 0 Å². The van der Waals surface area contributed by atoms with Gasteiger partial charge in [-0.3, -0.25) is 9.59 Å². The van der Waals surface area contributed by atoms with Gasteiger partial charge in [-0.05, 0) is 140 Å². The highest BCUT2D eigenvalue weighted by atomic mass is 32.2. The number of aliphatic carboxylic acids is 2. The minimum atomic E-state index is -1.17. The highest BCUT2D eigenvalue weighted by Gasteiger charge is 2.45. The van der Waals surface area contributed by atoms with Crippen LogP contribution in [0.15, 0.2) is 0 Å². The molecule has 0 fully saturated rings. The van der Waals surface area contributed by atoms with Crippen LogP contribution in [0.2, 0.25) is 0 Å². The Labute approximate surface area is 275 Å². The molecule has 2 atom stereocenters. The Kier molecular flexibility index (Phi) is 10.3. The van der Waals surface area contributed by atoms with Crippen LogP contribution in [-0.4, -0.2) is 59.2 Å². The van der Waals surface area contributed by atoms with E-state index in [1.165, 1.54) is 23.5 Å². The van der Waals surface area contributed by atoms with Gasteiger partial charge in [-0.15, -0.1) is 23.5 Å². The number of carboxylic acid groups (broad SMARTS) is 2. The van der Waals surface area contributed by atoms with E-state index in [9.17, 15) is 30.0 Å². The fourth-order valence-electron chi connectivity index (χ4n) is 6.70. The molecule has 2 aliphatic rings. The molecule has 2 aliphatic heterocycles. The second-order valence-electron chi connectivity index (χ2n) is 13.5. The molecule has 4 N–H and O–H groups in total. The molecule has 0 bridgehead atoms. The van der Waals surface area contributed by atoms with Crippen LogP contribution in [-0.2, 0) is 22.4 Å². The van der Waals surface area contributed by atoms with Crippen molar-refractivity contribution < 1.29 is 39.5 Å². The molecule has 248 valence electrons. The number of hydrogen-bond donors (Lipinski definition) is 4. The topological polar surface area (TPSA) is 134 Å². The number of thioether (sulfide) groups is 2. The van der Waals surface area contributed by atoms with E-state index >= 15 is 0 Å². The maximum Gasteiger partial charge on any atom is 0.319 e. The van der Waals surface area contributed by atoms with Crippen molar-refractivity contribution in [1.82, 2.24) is 0 Å². The Morgan fingerprint density at radius 3 is 1.53 bits per heavy atom. The third kappa shape index (κ3) is 7.02. The van der Waals surface area contributed by atoms with Gasteiger partial charge in [-0.25, -0.2) is 0 Å². The summed E-state index contributed by atoms with van der Waals surface area (Å²) in [4.78, 5) is 24.4. The smallest absolute Gasteiger partial charge is 0.319 e. The quantitative estimate of drug-likeness (QED) is 0.133. The lowest BCUT2D eigenvalue weighted by molar-refractivity contribution is -0.141. The van der Waals surface area contributed by atoms with E-state index in [1.54, 1.807) is 0 Å². The molecule has 2 aromatic carbocycles. The van der Waals surface area contributed by atoms with E-state index in [1.807, 2.05) is 55.4 Å². The van der Waals surface area contributed by atoms with Gasteiger partial charge >= 0.3 is 11.9 Å². The van der Waals surface area contributed by atoms with E-state index in [-0.39, 0.29) is 5.75 Å². The highest BCUT2D eigenvalue weighted by Crippen LogP contribution is 2.49. The summed E-state index contributed by atoms with van der Waals surface area (Å²) >= 11 is 2.52. The van der Waals surface area contributed by atoms with E-state index in [0.29, 0.717) is 55.1 Å². The summed E-state index contributed by atoms with van der Waals surface area (Å²) in [7, 11) is 0. The van der Waals surface area contributed by atoms with Gasteiger partial charge in [0.05, 0.1) is 5.75 Å². The maximum atomic E-state index is 13.2. The molecule has 4 rings (SSSR count). The monoisotopic (exact) mass is 660 g/mol. The summed E-state index contributed by atoms with van der Waals surface area (Å²) in [5, 5.41) is 41.5. The van der Waals surface area contributed by atoms with Crippen LogP contribution in [0.1, 0.15) is 96.9 Å². The Bertz CT molecular complexity index is 1410. The number of carbonyl (C=O) groups is 2. The van der Waals surface area contributed by atoms with Crippen molar-refractivity contribution in [2.75, 3.05) is 10.8 Å². The normalized spacial score (nSPS) is 22.0. The molecule has 10 heteroatoms. The van der Waals surface area contributed by atoms with Crippen molar-refractivity contribution in [3.05, 3.63) is 44.5 Å². The Balaban J connectivity index is 1.58. The molecule has 45 heavy (non-hydrogen) atoms. The van der Waals surface area contributed by atoms with Crippen LogP contribution in [0.5, 0.6) is 23.0 Å². The summed E-state index contributed by atoms with van der Waals surface area (Å²) in [6, 6.07) is 0. The molecule has 0 saturated carbocycles. The molecular formula is C35H48O8S2. The number of benzene rings is 2. The first-order valence-corrected chi connectivity index (χ1v) is 17.8. The first-order valence-electron chi connectivity index (χ1n) is 15.6. The fourth-order valence-corrected chi connectivity index (χ4v) is 9.06. The standard InChI is InChI=1S/C35H48O8S2/c1-19-21(3)30-25(23(5)28(19)38)9-11-33(7,42-30)13-15-35(32(40)41,45-18-44-17-27(36)37)16-14-34(8)12-10-26-24(6)29(39)20(2)22(4)31(26)43-34/h38-39H,9-18H2,1-8H3,(H,36,37)(H,40,41). The van der Waals surface area contributed by atoms with Crippen molar-refractivity contribution in [2.45, 2.75) is 123 Å². The lowest BCUT2D eigenvalue weighted by Gasteiger charge is -2.42. The molecule has 0 spiro atoms. The van der Waals surface area contributed by atoms with Gasteiger partial charge in [0.25, 0.3) is 0 Å². The number of carboxylic acids is 2. The molecule has 2 unspecified atom stereocenters. The van der Waals surface area contributed by atoms with Gasteiger partial charge < -0.3 is 29.9 Å². The Morgan fingerprint density at radius 2 is 1.16 bits per heavy atom. The molecule has 0 saturated heterocycles. The third-order valence-corrected chi connectivity index (χ3v) is 13.1. The van der Waals surface area contributed by atoms with Crippen LogP contribution in [0.4, 0.5) is 0 Å². The second-order valence-corrected chi connectivity index (χ2v) is 16.2. The van der Waals surface area contributed by atoms with Gasteiger partial charge in [0.15, 0.2) is 0 Å². The summed E-state index contributed by atoms with van der Waals surface area (Å²) in [6.07, 6.45) is 4.55.